The number of nitrogens with two attached hydrogens (primary N) is 2. The van der Waals surface area contributed by atoms with Crippen LogP contribution in [-0.4, -0.2) is 57.2 Å². The molecule has 0 aliphatic heterocycles. The van der Waals surface area contributed by atoms with Gasteiger partial charge in [0.2, 0.25) is 5.91 Å². The second-order valence-electron chi connectivity index (χ2n) is 5.19. The maximum Gasteiger partial charge on any atom is 0.328 e. The van der Waals surface area contributed by atoms with Crippen LogP contribution in [0.5, 0.6) is 0 Å². The number of likely N-dealkylation sites (N-methyl/N-ethyl adjacent to an activating group) is 1. The molecule has 23 heavy (non-hydrogen) atoms. The summed E-state index contributed by atoms with van der Waals surface area (Å²) in [5.41, 5.74) is 10.6. The number of hydrogen-bond donors (Lipinski definition) is 6. The summed E-state index contributed by atoms with van der Waals surface area (Å²) in [6, 6.07) is -1.09. The summed E-state index contributed by atoms with van der Waals surface area (Å²) in [7, 11) is 2.99. The van der Waals surface area contributed by atoms with E-state index < -0.39 is 12.0 Å². The molecule has 0 radical (unpaired) electrons. The highest BCUT2D eigenvalue weighted by atomic mass is 16.5. The van der Waals surface area contributed by atoms with E-state index in [0.717, 1.165) is 12.8 Å². The Morgan fingerprint density at radius 2 is 1.83 bits per heavy atom. The van der Waals surface area contributed by atoms with Crippen molar-refractivity contribution in [3.63, 3.8) is 0 Å². The first kappa shape index (κ1) is 21.1. The minimum atomic E-state index is -0.716. The highest BCUT2D eigenvalue weighted by molar-refractivity contribution is 5.87. The van der Waals surface area contributed by atoms with Gasteiger partial charge in [0.25, 0.3) is 0 Å². The van der Waals surface area contributed by atoms with E-state index in [1.807, 2.05) is 0 Å². The molecule has 9 nitrogen and oxygen atoms in total. The number of methoxy groups -OCH3 is 1. The lowest BCUT2D eigenvalue weighted by Gasteiger charge is -2.21. The molecule has 0 spiro atoms. The van der Waals surface area contributed by atoms with Crippen LogP contribution in [-0.2, 0) is 14.3 Å². The molecule has 0 saturated carbocycles. The number of nitrogens with one attached hydrogen (secondary N) is 4. The summed E-state index contributed by atoms with van der Waals surface area (Å²) in [6.45, 7) is 1.04. The van der Waals surface area contributed by atoms with Crippen LogP contribution in [0.1, 0.15) is 32.1 Å². The number of amides is 1. The minimum Gasteiger partial charge on any atom is -0.467 e. The Morgan fingerprint density at radius 3 is 2.35 bits per heavy atom. The van der Waals surface area contributed by atoms with E-state index in [2.05, 4.69) is 16.0 Å². The first-order valence-electron chi connectivity index (χ1n) is 7.79. The van der Waals surface area contributed by atoms with Gasteiger partial charge in [-0.3, -0.25) is 10.2 Å². The van der Waals surface area contributed by atoms with Crippen molar-refractivity contribution < 1.29 is 14.3 Å². The fraction of sp³-hybridized carbons (Fsp3) is 0.786. The number of unbranched alkanes of at least 4 members (excludes halogenated alkanes) is 1. The van der Waals surface area contributed by atoms with E-state index >= 15 is 0 Å². The van der Waals surface area contributed by atoms with Gasteiger partial charge in [-0.25, -0.2) is 4.79 Å². The molecule has 0 fully saturated rings. The topological polar surface area (TPSA) is 155 Å². The van der Waals surface area contributed by atoms with E-state index in [0.29, 0.717) is 32.4 Å². The molecule has 0 bridgehead atoms. The van der Waals surface area contributed by atoms with Gasteiger partial charge in [0.05, 0.1) is 13.2 Å². The van der Waals surface area contributed by atoms with Gasteiger partial charge in [0.1, 0.15) is 6.04 Å². The molecule has 0 aliphatic rings. The van der Waals surface area contributed by atoms with E-state index in [4.69, 9.17) is 21.6 Å². The highest BCUT2D eigenvalue weighted by Gasteiger charge is 2.24. The molecule has 0 rings (SSSR count). The lowest BCUT2D eigenvalue weighted by molar-refractivity contribution is -0.145. The quantitative estimate of drug-likeness (QED) is 0.111. The maximum absolute atomic E-state index is 12.3. The van der Waals surface area contributed by atoms with Gasteiger partial charge >= 0.3 is 5.97 Å². The Morgan fingerprint density at radius 1 is 1.17 bits per heavy atom. The van der Waals surface area contributed by atoms with Crippen LogP contribution < -0.4 is 27.4 Å². The first-order chi connectivity index (χ1) is 11.0. The van der Waals surface area contributed by atoms with Gasteiger partial charge in [0, 0.05) is 6.54 Å². The highest BCUT2D eigenvalue weighted by Crippen LogP contribution is 2.04. The summed E-state index contributed by atoms with van der Waals surface area (Å²) in [5.74, 6) is -0.851. The monoisotopic (exact) mass is 330 g/mol. The summed E-state index contributed by atoms with van der Waals surface area (Å²) >= 11 is 0. The van der Waals surface area contributed by atoms with Crippen LogP contribution in [0, 0.1) is 5.41 Å². The van der Waals surface area contributed by atoms with E-state index in [1.54, 1.807) is 7.05 Å². The Kier molecular flexibility index (Phi) is 11.6. The van der Waals surface area contributed by atoms with Crippen LogP contribution in [0.4, 0.5) is 0 Å². The van der Waals surface area contributed by atoms with Crippen molar-refractivity contribution in [2.24, 2.45) is 11.5 Å². The largest absolute Gasteiger partial charge is 0.467 e. The minimum absolute atomic E-state index is 0.126. The molecule has 134 valence electrons. The number of esters is 1. The average molecular weight is 330 g/mol. The second kappa shape index (κ2) is 12.7. The van der Waals surface area contributed by atoms with Crippen LogP contribution in [0.15, 0.2) is 0 Å². The molecular formula is C14H30N6O3. The van der Waals surface area contributed by atoms with E-state index in [-0.39, 0.29) is 17.9 Å². The van der Waals surface area contributed by atoms with Crippen molar-refractivity contribution in [2.75, 3.05) is 27.2 Å². The zero-order chi connectivity index (χ0) is 17.7. The number of ether oxygens (including phenoxy) is 1. The first-order valence-corrected chi connectivity index (χ1v) is 7.79. The van der Waals surface area contributed by atoms with E-state index in [1.165, 1.54) is 7.11 Å². The summed E-state index contributed by atoms with van der Waals surface area (Å²) < 4.78 is 4.73. The molecule has 0 aromatic rings. The molecule has 0 aromatic carbocycles. The fourth-order valence-corrected chi connectivity index (χ4v) is 2.09. The Bertz CT molecular complexity index is 378. The fourth-order valence-electron chi connectivity index (χ4n) is 2.09. The van der Waals surface area contributed by atoms with Crippen LogP contribution in [0.2, 0.25) is 0 Å². The number of carbonyl (C=O) groups is 2. The van der Waals surface area contributed by atoms with Gasteiger partial charge < -0.3 is 32.2 Å². The van der Waals surface area contributed by atoms with Crippen molar-refractivity contribution >= 4 is 17.8 Å². The molecule has 2 unspecified atom stereocenters. The summed E-state index contributed by atoms with van der Waals surface area (Å²) in [6.07, 6.45) is 3.30. The van der Waals surface area contributed by atoms with Crippen LogP contribution in [0.25, 0.3) is 0 Å². The zero-order valence-electron chi connectivity index (χ0n) is 14.0. The standard InChI is InChI=1S/C14H30N6O3/c1-18-10(6-3-4-8-15)12(21)20-11(13(22)23-2)7-5-9-19-14(16)17/h10-11,18H,3-9,15H2,1-2H3,(H,20,21)(H4,16,17,19). The lowest BCUT2D eigenvalue weighted by atomic mass is 10.1. The van der Waals surface area contributed by atoms with Crippen molar-refractivity contribution in [1.29, 1.82) is 5.41 Å². The van der Waals surface area contributed by atoms with E-state index in [9.17, 15) is 9.59 Å². The van der Waals surface area contributed by atoms with Crippen molar-refractivity contribution in [2.45, 2.75) is 44.2 Å². The molecule has 2 atom stereocenters. The Labute approximate surface area is 137 Å². The summed E-state index contributed by atoms with van der Waals surface area (Å²) in [5, 5.41) is 15.4. The number of hydrogen-bond acceptors (Lipinski definition) is 6. The SMILES string of the molecule is CNC(CCCCN)C(=O)NC(CCCNC(=N)N)C(=O)OC. The van der Waals surface area contributed by atoms with Crippen LogP contribution in [0.3, 0.4) is 0 Å². The molecule has 8 N–H and O–H groups in total. The third-order valence-electron chi connectivity index (χ3n) is 3.40. The summed E-state index contributed by atoms with van der Waals surface area (Å²) in [4.78, 5) is 24.0. The predicted molar refractivity (Wildman–Crippen MR) is 88.9 cm³/mol. The number of guanidine groups is 1. The zero-order valence-corrected chi connectivity index (χ0v) is 14.0. The normalized spacial score (nSPS) is 13.0. The second-order valence-corrected chi connectivity index (χ2v) is 5.19. The average Bonchev–Trinajstić information content (AvgIpc) is 2.53. The van der Waals surface area contributed by atoms with Gasteiger partial charge in [0.15, 0.2) is 5.96 Å². The molecule has 9 heteroatoms. The molecular weight excluding hydrogens is 300 g/mol. The van der Waals surface area contributed by atoms with Crippen molar-refractivity contribution in [3.05, 3.63) is 0 Å². The number of carbonyl (C=O) groups excluding carboxylic acids is 2. The predicted octanol–water partition coefficient (Wildman–Crippen LogP) is -1.38. The van der Waals surface area contributed by atoms with Gasteiger partial charge in [-0.15, -0.1) is 0 Å². The smallest absolute Gasteiger partial charge is 0.328 e. The maximum atomic E-state index is 12.3. The molecule has 0 aromatic heterocycles. The Balaban J connectivity index is 4.45. The van der Waals surface area contributed by atoms with Gasteiger partial charge in [-0.2, -0.15) is 0 Å². The van der Waals surface area contributed by atoms with Crippen molar-refractivity contribution in [3.8, 4) is 0 Å². The third kappa shape index (κ3) is 9.69. The molecule has 0 saturated heterocycles. The molecule has 0 aliphatic carbocycles. The Hall–Kier alpha value is -1.87. The van der Waals surface area contributed by atoms with Crippen molar-refractivity contribution in [1.82, 2.24) is 16.0 Å². The van der Waals surface area contributed by atoms with Gasteiger partial charge in [-0.05, 0) is 39.3 Å². The van der Waals surface area contributed by atoms with Gasteiger partial charge in [-0.1, -0.05) is 6.42 Å². The lowest BCUT2D eigenvalue weighted by Crippen LogP contribution is -2.50. The van der Waals surface area contributed by atoms with Crippen LogP contribution >= 0.6 is 0 Å². The third-order valence-corrected chi connectivity index (χ3v) is 3.40. The number of rotatable bonds is 12. The molecule has 0 heterocycles. The molecule has 1 amide bonds.